The van der Waals surface area contributed by atoms with Crippen LogP contribution >= 0.6 is 11.8 Å². The third-order valence-electron chi connectivity index (χ3n) is 4.99. The molecule has 0 saturated carbocycles. The van der Waals surface area contributed by atoms with E-state index in [0.29, 0.717) is 24.9 Å². The number of amides is 1. The van der Waals surface area contributed by atoms with Gasteiger partial charge in [-0.2, -0.15) is 0 Å². The molecule has 2 heterocycles. The van der Waals surface area contributed by atoms with E-state index in [2.05, 4.69) is 20.4 Å². The molecule has 168 valence electrons. The number of carbonyl (C=O) groups excluding carboxylic acids is 1. The van der Waals surface area contributed by atoms with Gasteiger partial charge in [-0.3, -0.25) is 14.3 Å². The Morgan fingerprint density at radius 3 is 2.53 bits per heavy atom. The fourth-order valence-corrected chi connectivity index (χ4v) is 4.18. The molecule has 0 spiro atoms. The van der Waals surface area contributed by atoms with Crippen LogP contribution in [-0.2, 0) is 16.1 Å². The van der Waals surface area contributed by atoms with Gasteiger partial charge in [0.1, 0.15) is 0 Å². The summed E-state index contributed by atoms with van der Waals surface area (Å²) in [7, 11) is 0. The van der Waals surface area contributed by atoms with E-state index in [9.17, 15) is 13.6 Å². The summed E-state index contributed by atoms with van der Waals surface area (Å²) in [4.78, 5) is 14.7. The summed E-state index contributed by atoms with van der Waals surface area (Å²) < 4.78 is 33.7. The Morgan fingerprint density at radius 1 is 1.06 bits per heavy atom. The zero-order chi connectivity index (χ0) is 22.3. The number of halogens is 2. The number of aromatic nitrogens is 3. The van der Waals surface area contributed by atoms with Gasteiger partial charge in [-0.15, -0.1) is 10.2 Å². The highest BCUT2D eigenvalue weighted by Crippen LogP contribution is 2.27. The zero-order valence-corrected chi connectivity index (χ0v) is 18.1. The first-order valence-electron chi connectivity index (χ1n) is 10.2. The number of rotatable bonds is 8. The normalized spacial score (nSPS) is 14.6. The standard InChI is InChI=1S/C22H23F2N5O2S/c23-21(24)17-8-4-5-9-18(17)25-20(30)15-32-22-27-26-19(14-28-10-12-31-13-11-28)29(22)16-6-2-1-3-7-16/h1-9,21H,10-15H2,(H,25,30). The van der Waals surface area contributed by atoms with E-state index >= 15 is 0 Å². The van der Waals surface area contributed by atoms with Gasteiger partial charge in [0.15, 0.2) is 11.0 Å². The number of nitrogens with one attached hydrogen (secondary N) is 1. The molecule has 1 N–H and O–H groups in total. The average molecular weight is 460 g/mol. The molecule has 1 saturated heterocycles. The maximum absolute atomic E-state index is 13.2. The number of benzene rings is 2. The van der Waals surface area contributed by atoms with Crippen LogP contribution in [0.5, 0.6) is 0 Å². The van der Waals surface area contributed by atoms with Crippen molar-refractivity contribution in [2.24, 2.45) is 0 Å². The molecule has 32 heavy (non-hydrogen) atoms. The van der Waals surface area contributed by atoms with Crippen molar-refractivity contribution in [1.82, 2.24) is 19.7 Å². The summed E-state index contributed by atoms with van der Waals surface area (Å²) in [5.74, 6) is 0.393. The molecule has 0 radical (unpaired) electrons. The van der Waals surface area contributed by atoms with Gasteiger partial charge in [0.05, 0.1) is 25.5 Å². The number of anilines is 1. The Balaban J connectivity index is 1.49. The Hall–Kier alpha value is -2.82. The minimum atomic E-state index is -2.66. The lowest BCUT2D eigenvalue weighted by Crippen LogP contribution is -2.36. The molecule has 4 rings (SSSR count). The first-order valence-corrected chi connectivity index (χ1v) is 11.2. The number of hydrogen-bond acceptors (Lipinski definition) is 6. The van der Waals surface area contributed by atoms with Gasteiger partial charge in [-0.1, -0.05) is 48.2 Å². The van der Waals surface area contributed by atoms with Crippen molar-refractivity contribution in [3.63, 3.8) is 0 Å². The van der Waals surface area contributed by atoms with Crippen molar-refractivity contribution in [3.8, 4) is 5.69 Å². The molecule has 3 aromatic rings. The van der Waals surface area contributed by atoms with E-state index in [1.54, 1.807) is 6.07 Å². The summed E-state index contributed by atoms with van der Waals surface area (Å²) in [6, 6.07) is 15.6. The molecule has 0 atom stereocenters. The topological polar surface area (TPSA) is 72.3 Å². The van der Waals surface area contributed by atoms with Crippen molar-refractivity contribution in [3.05, 3.63) is 66.0 Å². The van der Waals surface area contributed by atoms with Gasteiger partial charge in [0, 0.05) is 30.0 Å². The number of morpholine rings is 1. The van der Waals surface area contributed by atoms with Crippen LogP contribution < -0.4 is 5.32 Å². The minimum absolute atomic E-state index is 0.0140. The lowest BCUT2D eigenvalue weighted by Gasteiger charge is -2.26. The SMILES string of the molecule is O=C(CSc1nnc(CN2CCOCC2)n1-c1ccccc1)Nc1ccccc1C(F)F. The van der Waals surface area contributed by atoms with Crippen LogP contribution in [0.15, 0.2) is 59.8 Å². The van der Waals surface area contributed by atoms with Crippen molar-refractivity contribution < 1.29 is 18.3 Å². The summed E-state index contributed by atoms with van der Waals surface area (Å²) in [5.41, 5.74) is 0.809. The highest BCUT2D eigenvalue weighted by Gasteiger charge is 2.20. The van der Waals surface area contributed by atoms with Crippen molar-refractivity contribution in [1.29, 1.82) is 0 Å². The number of para-hydroxylation sites is 2. The van der Waals surface area contributed by atoms with Gasteiger partial charge in [0.25, 0.3) is 6.43 Å². The second-order valence-electron chi connectivity index (χ2n) is 7.18. The highest BCUT2D eigenvalue weighted by molar-refractivity contribution is 7.99. The van der Waals surface area contributed by atoms with Crippen LogP contribution in [0.4, 0.5) is 14.5 Å². The smallest absolute Gasteiger partial charge is 0.265 e. The van der Waals surface area contributed by atoms with E-state index in [-0.39, 0.29) is 22.9 Å². The Labute approximate surface area is 188 Å². The molecular weight excluding hydrogens is 436 g/mol. The largest absolute Gasteiger partial charge is 0.379 e. The third kappa shape index (κ3) is 5.50. The predicted molar refractivity (Wildman–Crippen MR) is 118 cm³/mol. The molecule has 1 amide bonds. The van der Waals surface area contributed by atoms with Gasteiger partial charge >= 0.3 is 0 Å². The molecule has 1 aromatic heterocycles. The maximum atomic E-state index is 13.2. The molecule has 1 fully saturated rings. The average Bonchev–Trinajstić information content (AvgIpc) is 3.21. The van der Waals surface area contributed by atoms with E-state index < -0.39 is 6.43 Å². The van der Waals surface area contributed by atoms with Crippen LogP contribution in [0.25, 0.3) is 5.69 Å². The number of nitrogens with zero attached hydrogens (tertiary/aromatic N) is 4. The van der Waals surface area contributed by atoms with Crippen LogP contribution in [0, 0.1) is 0 Å². The molecule has 0 unspecified atom stereocenters. The van der Waals surface area contributed by atoms with E-state index in [0.717, 1.165) is 24.6 Å². The molecule has 10 heteroatoms. The van der Waals surface area contributed by atoms with E-state index in [1.807, 2.05) is 34.9 Å². The summed E-state index contributed by atoms with van der Waals surface area (Å²) in [6.45, 7) is 3.61. The minimum Gasteiger partial charge on any atom is -0.379 e. The first kappa shape index (κ1) is 22.4. The highest BCUT2D eigenvalue weighted by atomic mass is 32.2. The Kier molecular flexibility index (Phi) is 7.46. The first-order chi connectivity index (χ1) is 15.6. The molecular formula is C22H23F2N5O2S. The molecule has 2 aromatic carbocycles. The Morgan fingerprint density at radius 2 is 1.78 bits per heavy atom. The van der Waals surface area contributed by atoms with Crippen molar-refractivity contribution in [2.75, 3.05) is 37.4 Å². The van der Waals surface area contributed by atoms with Crippen LogP contribution in [0.3, 0.4) is 0 Å². The lowest BCUT2D eigenvalue weighted by molar-refractivity contribution is -0.113. The van der Waals surface area contributed by atoms with Crippen LogP contribution in [-0.4, -0.2) is 57.6 Å². The molecule has 7 nitrogen and oxygen atoms in total. The van der Waals surface area contributed by atoms with Crippen molar-refractivity contribution in [2.45, 2.75) is 18.1 Å². The monoisotopic (exact) mass is 459 g/mol. The molecule has 1 aliphatic rings. The third-order valence-corrected chi connectivity index (χ3v) is 5.91. The van der Waals surface area contributed by atoms with Gasteiger partial charge in [-0.05, 0) is 18.2 Å². The number of ether oxygens (including phenoxy) is 1. The number of thioether (sulfide) groups is 1. The maximum Gasteiger partial charge on any atom is 0.265 e. The molecule has 0 aliphatic carbocycles. The number of hydrogen-bond donors (Lipinski definition) is 1. The summed E-state index contributed by atoms with van der Waals surface area (Å²) >= 11 is 1.21. The van der Waals surface area contributed by atoms with Gasteiger partial charge in [0.2, 0.25) is 5.91 Å². The predicted octanol–water partition coefficient (Wildman–Crippen LogP) is 3.77. The Bertz CT molecular complexity index is 1040. The van der Waals surface area contributed by atoms with E-state index in [1.165, 1.54) is 30.0 Å². The number of alkyl halides is 2. The van der Waals surface area contributed by atoms with Gasteiger partial charge < -0.3 is 10.1 Å². The molecule has 0 bridgehead atoms. The molecule has 1 aliphatic heterocycles. The second kappa shape index (κ2) is 10.7. The lowest BCUT2D eigenvalue weighted by atomic mass is 10.2. The van der Waals surface area contributed by atoms with Crippen LogP contribution in [0.2, 0.25) is 0 Å². The van der Waals surface area contributed by atoms with Gasteiger partial charge in [-0.25, -0.2) is 8.78 Å². The zero-order valence-electron chi connectivity index (χ0n) is 17.3. The summed E-state index contributed by atoms with van der Waals surface area (Å²) in [6.07, 6.45) is -2.66. The fourth-order valence-electron chi connectivity index (χ4n) is 3.41. The van der Waals surface area contributed by atoms with Crippen molar-refractivity contribution >= 4 is 23.4 Å². The summed E-state index contributed by atoms with van der Waals surface area (Å²) in [5, 5.41) is 11.8. The quantitative estimate of drug-likeness (QED) is 0.517. The van der Waals surface area contributed by atoms with Crippen LogP contribution in [0.1, 0.15) is 17.8 Å². The number of carbonyl (C=O) groups is 1. The fraction of sp³-hybridized carbons (Fsp3) is 0.318. The second-order valence-corrected chi connectivity index (χ2v) is 8.13. The van der Waals surface area contributed by atoms with E-state index in [4.69, 9.17) is 4.74 Å².